The van der Waals surface area contributed by atoms with Crippen LogP contribution in [0.4, 0.5) is 0 Å². The number of esters is 1. The second-order valence-corrected chi connectivity index (χ2v) is 7.46. The molecule has 0 aliphatic rings. The number of para-hydroxylation sites is 1. The third-order valence-electron chi connectivity index (χ3n) is 5.24. The molecule has 0 radical (unpaired) electrons. The highest BCUT2D eigenvalue weighted by molar-refractivity contribution is 6.01. The molecule has 0 fully saturated rings. The molecule has 0 N–H and O–H groups in total. The molecule has 3 aromatic heterocycles. The lowest BCUT2D eigenvalue weighted by molar-refractivity contribution is 0.0438. The number of benzene rings is 1. The number of hydrogen-bond donors (Lipinski definition) is 0. The normalized spacial score (nSPS) is 11.2. The molecule has 8 heteroatoms. The number of carbonyl (C=O) groups excluding carboxylic acids is 2. The maximum atomic E-state index is 12.8. The molecule has 4 rings (SSSR count). The molecule has 4 aromatic rings. The Bertz CT molecular complexity index is 1290. The molecule has 0 amide bonds. The average molecular weight is 436 g/mol. The summed E-state index contributed by atoms with van der Waals surface area (Å²) in [5.41, 5.74) is 3.14. The molecule has 0 spiro atoms. The minimum absolute atomic E-state index is 0.0518. The zero-order valence-electron chi connectivity index (χ0n) is 18.4. The highest BCUT2D eigenvalue weighted by Gasteiger charge is 2.24. The van der Waals surface area contributed by atoms with Crippen LogP contribution in [0.3, 0.4) is 0 Å². The van der Waals surface area contributed by atoms with Crippen molar-refractivity contribution in [3.63, 3.8) is 0 Å². The quantitative estimate of drug-likeness (QED) is 0.291. The van der Waals surface area contributed by atoms with Gasteiger partial charge in [-0.2, -0.15) is 0 Å². The Morgan fingerprint density at radius 2 is 1.91 bits per heavy atom. The summed E-state index contributed by atoms with van der Waals surface area (Å²) in [7, 11) is 0. The number of rotatable bonds is 8. The van der Waals surface area contributed by atoms with Crippen LogP contribution in [0.25, 0.3) is 16.8 Å². The van der Waals surface area contributed by atoms with Gasteiger partial charge in [0.15, 0.2) is 12.4 Å². The monoisotopic (exact) mass is 436 g/mol. The Hall–Kier alpha value is -3.65. The molecule has 0 saturated carbocycles. The number of furan rings is 1. The fourth-order valence-corrected chi connectivity index (χ4v) is 3.74. The molecule has 8 nitrogen and oxygen atoms in total. The average Bonchev–Trinajstić information content (AvgIpc) is 3.45. The SMILES string of the molecule is CCOCc1c(C(=O)OCC(=O)c2cc(C)n(-c3cc(C)on3)c2C)oc2ccccc12. The van der Waals surface area contributed by atoms with E-state index < -0.39 is 12.6 Å². The summed E-state index contributed by atoms with van der Waals surface area (Å²) in [6.45, 7) is 7.65. The predicted molar refractivity (Wildman–Crippen MR) is 116 cm³/mol. The topological polar surface area (TPSA) is 96.7 Å². The summed E-state index contributed by atoms with van der Waals surface area (Å²) < 4.78 is 23.5. The van der Waals surface area contributed by atoms with Crippen LogP contribution >= 0.6 is 0 Å². The third-order valence-corrected chi connectivity index (χ3v) is 5.24. The molecule has 0 atom stereocenters. The van der Waals surface area contributed by atoms with Gasteiger partial charge in [-0.05, 0) is 39.8 Å². The van der Waals surface area contributed by atoms with E-state index in [1.165, 1.54) is 0 Å². The van der Waals surface area contributed by atoms with Gasteiger partial charge in [0.05, 0.1) is 6.61 Å². The molecule has 3 heterocycles. The number of Topliss-reactive ketones (excluding diaryl/α,β-unsaturated/α-hetero) is 1. The first-order chi connectivity index (χ1) is 15.4. The second-order valence-electron chi connectivity index (χ2n) is 7.46. The molecule has 0 bridgehead atoms. The van der Waals surface area contributed by atoms with E-state index in [1.807, 2.05) is 43.5 Å². The van der Waals surface area contributed by atoms with Crippen molar-refractivity contribution < 1.29 is 28.0 Å². The fraction of sp³-hybridized carbons (Fsp3) is 0.292. The smallest absolute Gasteiger partial charge is 0.375 e. The molecule has 0 aliphatic heterocycles. The van der Waals surface area contributed by atoms with Gasteiger partial charge < -0.3 is 18.4 Å². The Balaban J connectivity index is 1.53. The van der Waals surface area contributed by atoms with Crippen molar-refractivity contribution >= 4 is 22.7 Å². The molecular formula is C24H24N2O6. The van der Waals surface area contributed by atoms with Crippen molar-refractivity contribution in [3.8, 4) is 5.82 Å². The van der Waals surface area contributed by atoms with E-state index in [0.717, 1.165) is 11.1 Å². The number of fused-ring (bicyclic) bond motifs is 1. The van der Waals surface area contributed by atoms with Crippen molar-refractivity contribution in [2.24, 2.45) is 0 Å². The molecule has 0 aliphatic carbocycles. The van der Waals surface area contributed by atoms with Gasteiger partial charge in [-0.25, -0.2) is 4.79 Å². The molecule has 1 aromatic carbocycles. The first-order valence-electron chi connectivity index (χ1n) is 10.3. The van der Waals surface area contributed by atoms with Crippen molar-refractivity contribution in [2.45, 2.75) is 34.3 Å². The van der Waals surface area contributed by atoms with E-state index in [0.29, 0.717) is 40.6 Å². The minimum Gasteiger partial charge on any atom is -0.451 e. The van der Waals surface area contributed by atoms with E-state index in [2.05, 4.69) is 5.16 Å². The van der Waals surface area contributed by atoms with Gasteiger partial charge in [0.2, 0.25) is 11.5 Å². The molecule has 166 valence electrons. The molecule has 32 heavy (non-hydrogen) atoms. The van der Waals surface area contributed by atoms with Gasteiger partial charge in [0.25, 0.3) is 0 Å². The van der Waals surface area contributed by atoms with Crippen molar-refractivity contribution in [1.29, 1.82) is 0 Å². The highest BCUT2D eigenvalue weighted by Crippen LogP contribution is 2.27. The van der Waals surface area contributed by atoms with Gasteiger partial charge in [-0.15, -0.1) is 0 Å². The lowest BCUT2D eigenvalue weighted by Crippen LogP contribution is -2.15. The van der Waals surface area contributed by atoms with Crippen LogP contribution in [0.5, 0.6) is 0 Å². The number of nitrogens with zero attached hydrogens (tertiary/aromatic N) is 2. The number of hydrogen-bond acceptors (Lipinski definition) is 7. The molecule has 0 unspecified atom stereocenters. The van der Waals surface area contributed by atoms with Gasteiger partial charge in [-0.3, -0.25) is 9.36 Å². The van der Waals surface area contributed by atoms with Crippen molar-refractivity contribution in [2.75, 3.05) is 13.2 Å². The van der Waals surface area contributed by atoms with Crippen LogP contribution in [0.1, 0.15) is 50.5 Å². The maximum Gasteiger partial charge on any atom is 0.375 e. The second kappa shape index (κ2) is 8.84. The Morgan fingerprint density at radius 1 is 1.12 bits per heavy atom. The molecule has 0 saturated heterocycles. The van der Waals surface area contributed by atoms with Crippen LogP contribution in [0, 0.1) is 20.8 Å². The summed E-state index contributed by atoms with van der Waals surface area (Å²) in [4.78, 5) is 25.6. The van der Waals surface area contributed by atoms with Crippen LogP contribution in [0.15, 0.2) is 45.3 Å². The molecular weight excluding hydrogens is 412 g/mol. The van der Waals surface area contributed by atoms with Gasteiger partial charge in [0.1, 0.15) is 11.3 Å². The van der Waals surface area contributed by atoms with E-state index in [9.17, 15) is 9.59 Å². The summed E-state index contributed by atoms with van der Waals surface area (Å²) >= 11 is 0. The van der Waals surface area contributed by atoms with Crippen molar-refractivity contribution in [3.05, 3.63) is 70.4 Å². The summed E-state index contributed by atoms with van der Waals surface area (Å²) in [6.07, 6.45) is 0. The Morgan fingerprint density at radius 3 is 2.62 bits per heavy atom. The van der Waals surface area contributed by atoms with E-state index in [1.54, 1.807) is 25.1 Å². The fourth-order valence-electron chi connectivity index (χ4n) is 3.74. The predicted octanol–water partition coefficient (Wildman–Crippen LogP) is 4.71. The van der Waals surface area contributed by atoms with Gasteiger partial charge in [0, 0.05) is 40.6 Å². The van der Waals surface area contributed by atoms with E-state index in [4.69, 9.17) is 18.4 Å². The third kappa shape index (κ3) is 3.97. The summed E-state index contributed by atoms with van der Waals surface area (Å²) in [5, 5.41) is 4.80. The van der Waals surface area contributed by atoms with Gasteiger partial charge in [-0.1, -0.05) is 23.4 Å². The first kappa shape index (κ1) is 21.6. The Labute approximate surface area is 184 Å². The summed E-state index contributed by atoms with van der Waals surface area (Å²) in [5.74, 6) is 0.293. The highest BCUT2D eigenvalue weighted by atomic mass is 16.5. The number of ketones is 1. The standard InChI is InChI=1S/C24H24N2O6/c1-5-29-12-19-17-8-6-7-9-21(17)31-23(19)24(28)30-13-20(27)18-10-14(2)26(16(18)4)22-11-15(3)32-25-22/h6-11H,5,12-13H2,1-4H3. The van der Waals surface area contributed by atoms with Crippen LogP contribution in [-0.4, -0.2) is 34.7 Å². The van der Waals surface area contributed by atoms with Crippen LogP contribution in [0.2, 0.25) is 0 Å². The largest absolute Gasteiger partial charge is 0.451 e. The number of aromatic nitrogens is 2. The van der Waals surface area contributed by atoms with Crippen LogP contribution in [-0.2, 0) is 16.1 Å². The van der Waals surface area contributed by atoms with Crippen LogP contribution < -0.4 is 0 Å². The number of aryl methyl sites for hydroxylation is 2. The Kier molecular flexibility index (Phi) is 5.96. The van der Waals surface area contributed by atoms with E-state index >= 15 is 0 Å². The lowest BCUT2D eigenvalue weighted by Gasteiger charge is -2.06. The van der Waals surface area contributed by atoms with E-state index in [-0.39, 0.29) is 18.2 Å². The zero-order valence-corrected chi connectivity index (χ0v) is 18.4. The minimum atomic E-state index is -0.704. The number of ether oxygens (including phenoxy) is 2. The summed E-state index contributed by atoms with van der Waals surface area (Å²) in [6, 6.07) is 10.8. The zero-order chi connectivity index (χ0) is 22.8. The number of carbonyl (C=O) groups is 2. The van der Waals surface area contributed by atoms with Gasteiger partial charge >= 0.3 is 5.97 Å². The van der Waals surface area contributed by atoms with Crippen molar-refractivity contribution in [1.82, 2.24) is 9.72 Å². The lowest BCUT2D eigenvalue weighted by atomic mass is 10.1. The maximum absolute atomic E-state index is 12.8. The first-order valence-corrected chi connectivity index (χ1v) is 10.3.